The highest BCUT2D eigenvalue weighted by Gasteiger charge is 2.20. The van der Waals surface area contributed by atoms with Gasteiger partial charge < -0.3 is 10.1 Å². The van der Waals surface area contributed by atoms with Crippen LogP contribution in [-0.2, 0) is 14.8 Å². The molecule has 2 aromatic rings. The number of anilines is 1. The summed E-state index contributed by atoms with van der Waals surface area (Å²) in [5, 5.41) is 2.70. The van der Waals surface area contributed by atoms with Crippen LogP contribution in [0.3, 0.4) is 0 Å². The number of para-hydroxylation sites is 1. The Morgan fingerprint density at radius 2 is 1.56 bits per heavy atom. The third-order valence-electron chi connectivity index (χ3n) is 3.45. The zero-order chi connectivity index (χ0) is 20.2. The lowest BCUT2D eigenvalue weighted by molar-refractivity contribution is -0.127. The number of carbonyl (C=O) groups is 1. The van der Waals surface area contributed by atoms with Gasteiger partial charge in [0.25, 0.3) is 15.9 Å². The van der Waals surface area contributed by atoms with Gasteiger partial charge in [-0.1, -0.05) is 6.07 Å². The molecule has 0 heterocycles. The van der Waals surface area contributed by atoms with Crippen LogP contribution in [0.4, 0.5) is 14.5 Å². The fourth-order valence-electron chi connectivity index (χ4n) is 2.15. The molecule has 0 aliphatic carbocycles. The number of carbonyl (C=O) groups excluding carboxylic acids is 1. The predicted octanol–water partition coefficient (Wildman–Crippen LogP) is 3.06. The summed E-state index contributed by atoms with van der Waals surface area (Å²) in [5.41, 5.74) is -0.753. The molecule has 0 aromatic heterocycles. The molecule has 0 aliphatic rings. The molecule has 146 valence electrons. The van der Waals surface area contributed by atoms with Crippen LogP contribution >= 0.6 is 0 Å². The second kappa shape index (κ2) is 8.34. The van der Waals surface area contributed by atoms with Crippen LogP contribution in [0.2, 0.25) is 0 Å². The standard InChI is InChI=1S/C18H20F2N2O4S/c1-11(2)21-18(23)12(3)26-13-7-9-14(10-8-13)27(24,25)22-17-15(19)5-4-6-16(17)20/h4-12,22H,1-3H3,(H,21,23)/t12-/m1/s1. The zero-order valence-electron chi connectivity index (χ0n) is 15.0. The molecule has 0 aliphatic heterocycles. The molecule has 0 bridgehead atoms. The molecule has 0 radical (unpaired) electrons. The minimum atomic E-state index is -4.20. The SMILES string of the molecule is CC(C)NC(=O)[C@@H](C)Oc1ccc(S(=O)(=O)Nc2c(F)cccc2F)cc1. The Balaban J connectivity index is 2.13. The second-order valence-electron chi connectivity index (χ2n) is 6.10. The monoisotopic (exact) mass is 398 g/mol. The van der Waals surface area contributed by atoms with E-state index < -0.39 is 33.4 Å². The Morgan fingerprint density at radius 3 is 2.07 bits per heavy atom. The minimum absolute atomic E-state index is 0.0408. The van der Waals surface area contributed by atoms with E-state index in [0.717, 1.165) is 18.2 Å². The molecule has 1 atom stereocenters. The highest BCUT2D eigenvalue weighted by atomic mass is 32.2. The lowest BCUT2D eigenvalue weighted by atomic mass is 10.3. The smallest absolute Gasteiger partial charge is 0.262 e. The molecule has 6 nitrogen and oxygen atoms in total. The van der Waals surface area contributed by atoms with Crippen molar-refractivity contribution in [3.8, 4) is 5.75 Å². The van der Waals surface area contributed by atoms with E-state index in [4.69, 9.17) is 4.74 Å². The Hall–Kier alpha value is -2.68. The van der Waals surface area contributed by atoms with Crippen molar-refractivity contribution in [3.63, 3.8) is 0 Å². The van der Waals surface area contributed by atoms with Crippen molar-refractivity contribution in [2.24, 2.45) is 0 Å². The molecular formula is C18H20F2N2O4S. The first-order valence-corrected chi connectivity index (χ1v) is 9.62. The molecule has 0 saturated carbocycles. The fourth-order valence-corrected chi connectivity index (χ4v) is 3.22. The molecular weight excluding hydrogens is 378 g/mol. The quantitative estimate of drug-likeness (QED) is 0.751. The number of amides is 1. The Labute approximate surface area is 156 Å². The number of sulfonamides is 1. The van der Waals surface area contributed by atoms with Gasteiger partial charge in [0.2, 0.25) is 0 Å². The summed E-state index contributed by atoms with van der Waals surface area (Å²) < 4.78 is 59.3. The van der Waals surface area contributed by atoms with Crippen molar-refractivity contribution in [2.45, 2.75) is 37.8 Å². The number of nitrogens with one attached hydrogen (secondary N) is 2. The number of hydrogen-bond donors (Lipinski definition) is 2. The molecule has 2 N–H and O–H groups in total. The summed E-state index contributed by atoms with van der Waals surface area (Å²) in [6, 6.07) is 8.11. The summed E-state index contributed by atoms with van der Waals surface area (Å²) in [7, 11) is -4.20. The van der Waals surface area contributed by atoms with Gasteiger partial charge in [0.05, 0.1) is 4.90 Å². The van der Waals surface area contributed by atoms with Gasteiger partial charge in [-0.15, -0.1) is 0 Å². The zero-order valence-corrected chi connectivity index (χ0v) is 15.8. The Morgan fingerprint density at radius 1 is 1.00 bits per heavy atom. The first-order valence-electron chi connectivity index (χ1n) is 8.14. The van der Waals surface area contributed by atoms with Gasteiger partial charge in [0.15, 0.2) is 6.10 Å². The van der Waals surface area contributed by atoms with Crippen molar-refractivity contribution in [3.05, 3.63) is 54.1 Å². The van der Waals surface area contributed by atoms with Crippen LogP contribution in [0.25, 0.3) is 0 Å². The third-order valence-corrected chi connectivity index (χ3v) is 4.81. The molecule has 0 fully saturated rings. The van der Waals surface area contributed by atoms with Crippen molar-refractivity contribution >= 4 is 21.6 Å². The van der Waals surface area contributed by atoms with Crippen molar-refractivity contribution in [2.75, 3.05) is 4.72 Å². The maximum atomic E-state index is 13.6. The van der Waals surface area contributed by atoms with Gasteiger partial charge in [0.1, 0.15) is 23.1 Å². The fraction of sp³-hybridized carbons (Fsp3) is 0.278. The maximum Gasteiger partial charge on any atom is 0.262 e. The molecule has 1 amide bonds. The van der Waals surface area contributed by atoms with Gasteiger partial charge in [0, 0.05) is 6.04 Å². The molecule has 9 heteroatoms. The first-order chi connectivity index (χ1) is 12.6. The number of rotatable bonds is 7. The molecule has 2 aromatic carbocycles. The molecule has 0 saturated heterocycles. The molecule has 0 unspecified atom stereocenters. The average molecular weight is 398 g/mol. The summed E-state index contributed by atoms with van der Waals surface area (Å²) in [4.78, 5) is 11.6. The number of ether oxygens (including phenoxy) is 1. The van der Waals surface area contributed by atoms with Crippen molar-refractivity contribution in [1.82, 2.24) is 5.32 Å². The normalized spacial score (nSPS) is 12.5. The number of hydrogen-bond acceptors (Lipinski definition) is 4. The summed E-state index contributed by atoms with van der Waals surface area (Å²) >= 11 is 0. The van der Waals surface area contributed by atoms with Crippen molar-refractivity contribution < 1.29 is 26.7 Å². The molecule has 0 spiro atoms. The van der Waals surface area contributed by atoms with Crippen LogP contribution in [0.1, 0.15) is 20.8 Å². The summed E-state index contributed by atoms with van der Waals surface area (Å²) in [6.07, 6.45) is -0.777. The van der Waals surface area contributed by atoms with Crippen LogP contribution in [0, 0.1) is 11.6 Å². The van der Waals surface area contributed by atoms with E-state index in [2.05, 4.69) is 5.32 Å². The maximum absolute atomic E-state index is 13.6. The van der Waals surface area contributed by atoms with Gasteiger partial charge in [-0.05, 0) is 57.2 Å². The highest BCUT2D eigenvalue weighted by molar-refractivity contribution is 7.92. The van der Waals surface area contributed by atoms with Crippen molar-refractivity contribution in [1.29, 1.82) is 0 Å². The van der Waals surface area contributed by atoms with Gasteiger partial charge >= 0.3 is 0 Å². The van der Waals surface area contributed by atoms with Crippen LogP contribution in [0.15, 0.2) is 47.4 Å². The second-order valence-corrected chi connectivity index (χ2v) is 7.78. The van der Waals surface area contributed by atoms with E-state index in [9.17, 15) is 22.0 Å². The lowest BCUT2D eigenvalue weighted by Gasteiger charge is -2.16. The predicted molar refractivity (Wildman–Crippen MR) is 97.0 cm³/mol. The van der Waals surface area contributed by atoms with E-state index in [1.54, 1.807) is 6.92 Å². The van der Waals surface area contributed by atoms with E-state index in [1.807, 2.05) is 18.6 Å². The van der Waals surface area contributed by atoms with E-state index in [0.29, 0.717) is 0 Å². The Kier molecular flexibility index (Phi) is 6.37. The average Bonchev–Trinajstić information content (AvgIpc) is 2.58. The highest BCUT2D eigenvalue weighted by Crippen LogP contribution is 2.23. The lowest BCUT2D eigenvalue weighted by Crippen LogP contribution is -2.40. The first kappa shape index (κ1) is 20.6. The van der Waals surface area contributed by atoms with Gasteiger partial charge in [-0.25, -0.2) is 17.2 Å². The molecule has 27 heavy (non-hydrogen) atoms. The minimum Gasteiger partial charge on any atom is -0.481 e. The third kappa shape index (κ3) is 5.40. The number of benzene rings is 2. The molecule has 2 rings (SSSR count). The van der Waals surface area contributed by atoms with E-state index in [-0.39, 0.29) is 22.6 Å². The number of halogens is 2. The van der Waals surface area contributed by atoms with E-state index >= 15 is 0 Å². The van der Waals surface area contributed by atoms with Crippen LogP contribution in [0.5, 0.6) is 5.75 Å². The Bertz CT molecular complexity index is 895. The largest absolute Gasteiger partial charge is 0.481 e. The topological polar surface area (TPSA) is 84.5 Å². The van der Waals surface area contributed by atoms with Gasteiger partial charge in [-0.2, -0.15) is 0 Å². The van der Waals surface area contributed by atoms with Gasteiger partial charge in [-0.3, -0.25) is 9.52 Å². The summed E-state index contributed by atoms with van der Waals surface area (Å²) in [6.45, 7) is 5.19. The van der Waals surface area contributed by atoms with E-state index in [1.165, 1.54) is 24.3 Å². The summed E-state index contributed by atoms with van der Waals surface area (Å²) in [5.74, 6) is -2.08. The van der Waals surface area contributed by atoms with Crippen LogP contribution in [-0.4, -0.2) is 26.5 Å². The van der Waals surface area contributed by atoms with Crippen LogP contribution < -0.4 is 14.8 Å².